The normalized spacial score (nSPS) is 40.8. The highest BCUT2D eigenvalue weighted by atomic mass is 16.5. The predicted octanol–water partition coefficient (Wildman–Crippen LogP) is 6.21. The minimum absolute atomic E-state index is 0.531. The number of rotatable bonds is 2. The Balaban J connectivity index is 1.68. The van der Waals surface area contributed by atoms with Crippen LogP contribution >= 0.6 is 0 Å². The number of methoxy groups -OCH3 is 1. The van der Waals surface area contributed by atoms with Gasteiger partial charge in [-0.1, -0.05) is 33.8 Å². The number of aryl methyl sites for hydroxylation is 1. The maximum Gasteiger partial charge on any atom is 0.119 e. The fourth-order valence-electron chi connectivity index (χ4n) is 6.94. The molecule has 0 spiro atoms. The van der Waals surface area contributed by atoms with E-state index in [1.165, 1.54) is 38.5 Å². The van der Waals surface area contributed by atoms with E-state index >= 15 is 0 Å². The molecule has 1 aromatic rings. The number of fused-ring (bicyclic) bond motifs is 5. The molecule has 0 aliphatic heterocycles. The van der Waals surface area contributed by atoms with Crippen LogP contribution in [0.1, 0.15) is 76.8 Å². The van der Waals surface area contributed by atoms with Gasteiger partial charge in [0.25, 0.3) is 0 Å². The van der Waals surface area contributed by atoms with Crippen molar-refractivity contribution in [3.63, 3.8) is 0 Å². The van der Waals surface area contributed by atoms with Gasteiger partial charge in [0.1, 0.15) is 5.75 Å². The quantitative estimate of drug-likeness (QED) is 0.627. The van der Waals surface area contributed by atoms with Crippen LogP contribution in [0.3, 0.4) is 0 Å². The Bertz CT molecular complexity index is 633. The first-order chi connectivity index (χ1) is 11.4. The van der Waals surface area contributed by atoms with Crippen LogP contribution in [-0.2, 0) is 6.42 Å². The van der Waals surface area contributed by atoms with Gasteiger partial charge in [-0.3, -0.25) is 0 Å². The molecule has 0 bridgehead atoms. The zero-order valence-corrected chi connectivity index (χ0v) is 16.2. The molecule has 5 atom stereocenters. The molecule has 3 aliphatic rings. The van der Waals surface area contributed by atoms with Crippen molar-refractivity contribution in [3.05, 3.63) is 29.3 Å². The Morgan fingerprint density at radius 2 is 1.88 bits per heavy atom. The summed E-state index contributed by atoms with van der Waals surface area (Å²) >= 11 is 0. The number of ether oxygens (including phenoxy) is 1. The van der Waals surface area contributed by atoms with Gasteiger partial charge in [0.2, 0.25) is 0 Å². The summed E-state index contributed by atoms with van der Waals surface area (Å²) in [6.07, 6.45) is 8.33. The highest BCUT2D eigenvalue weighted by molar-refractivity contribution is 5.40. The van der Waals surface area contributed by atoms with Crippen LogP contribution in [-0.4, -0.2) is 7.11 Å². The third kappa shape index (κ3) is 2.06. The van der Waals surface area contributed by atoms with E-state index in [1.807, 2.05) is 0 Å². The van der Waals surface area contributed by atoms with Crippen LogP contribution in [0, 0.1) is 28.6 Å². The van der Waals surface area contributed by atoms with E-state index < -0.39 is 0 Å². The average Bonchev–Trinajstić information content (AvgIpc) is 2.87. The van der Waals surface area contributed by atoms with Gasteiger partial charge < -0.3 is 4.74 Å². The molecule has 1 heteroatoms. The van der Waals surface area contributed by atoms with Crippen molar-refractivity contribution in [1.29, 1.82) is 0 Å². The number of hydrogen-bond acceptors (Lipinski definition) is 1. The molecule has 132 valence electrons. The molecule has 1 aromatic carbocycles. The molecule has 4 rings (SSSR count). The van der Waals surface area contributed by atoms with E-state index in [2.05, 4.69) is 45.9 Å². The van der Waals surface area contributed by atoms with Crippen LogP contribution < -0.4 is 4.74 Å². The molecule has 24 heavy (non-hydrogen) atoms. The zero-order chi connectivity index (χ0) is 17.1. The maximum absolute atomic E-state index is 5.46. The molecule has 0 aromatic heterocycles. The summed E-state index contributed by atoms with van der Waals surface area (Å²) in [7, 11) is 1.78. The van der Waals surface area contributed by atoms with Gasteiger partial charge in [-0.2, -0.15) is 0 Å². The summed E-state index contributed by atoms with van der Waals surface area (Å²) in [6.45, 7) is 10.2. The second kappa shape index (κ2) is 5.51. The Morgan fingerprint density at radius 1 is 1.08 bits per heavy atom. The predicted molar refractivity (Wildman–Crippen MR) is 101 cm³/mol. The second-order valence-electron chi connectivity index (χ2n) is 9.55. The molecule has 0 radical (unpaired) electrons. The Kier molecular flexibility index (Phi) is 3.79. The van der Waals surface area contributed by atoms with E-state index in [4.69, 9.17) is 4.74 Å². The first-order valence-electron chi connectivity index (χ1n) is 10.1. The van der Waals surface area contributed by atoms with Crippen molar-refractivity contribution in [2.45, 2.75) is 72.1 Å². The molecule has 0 unspecified atom stereocenters. The lowest BCUT2D eigenvalue weighted by Gasteiger charge is -2.55. The number of benzene rings is 1. The van der Waals surface area contributed by atoms with Gasteiger partial charge in [-0.15, -0.1) is 0 Å². The molecule has 1 nitrogen and oxygen atoms in total. The summed E-state index contributed by atoms with van der Waals surface area (Å²) in [5.74, 6) is 4.46. The lowest BCUT2D eigenvalue weighted by molar-refractivity contribution is -0.0417. The van der Waals surface area contributed by atoms with Crippen LogP contribution in [0.5, 0.6) is 5.75 Å². The molecule has 0 amide bonds. The highest BCUT2D eigenvalue weighted by Gasteiger charge is 2.60. The SMILES string of the molecule is COc1ccc2c(c1)CC[C@@H]1[C@@H]2CC[C@@]2(C)[C@H]1CC[C@]2(C)C(C)C. The smallest absolute Gasteiger partial charge is 0.119 e. The van der Waals surface area contributed by atoms with E-state index in [0.29, 0.717) is 10.8 Å². The first kappa shape index (κ1) is 16.5. The van der Waals surface area contributed by atoms with Crippen molar-refractivity contribution >= 4 is 0 Å². The number of hydrogen-bond donors (Lipinski definition) is 0. The monoisotopic (exact) mass is 326 g/mol. The topological polar surface area (TPSA) is 9.23 Å². The van der Waals surface area contributed by atoms with Crippen LogP contribution in [0.25, 0.3) is 0 Å². The zero-order valence-electron chi connectivity index (χ0n) is 16.2. The van der Waals surface area contributed by atoms with Crippen molar-refractivity contribution in [2.75, 3.05) is 7.11 Å². The average molecular weight is 327 g/mol. The highest BCUT2D eigenvalue weighted by Crippen LogP contribution is 2.69. The molecular formula is C23H34O. The molecule has 2 fully saturated rings. The van der Waals surface area contributed by atoms with E-state index in [-0.39, 0.29) is 0 Å². The minimum atomic E-state index is 0.531. The van der Waals surface area contributed by atoms with Crippen molar-refractivity contribution in [3.8, 4) is 5.75 Å². The standard InChI is InChI=1S/C23H34O/c1-15(2)22(3)13-11-21-20-8-6-16-14-17(24-5)7-9-18(16)19(20)10-12-23(21,22)4/h7,9,14-15,19-21H,6,8,10-13H2,1-5H3/t19-,20-,21+,22-,23+/m1/s1. The molecule has 0 heterocycles. The van der Waals surface area contributed by atoms with Crippen LogP contribution in [0.15, 0.2) is 18.2 Å². The van der Waals surface area contributed by atoms with Gasteiger partial charge in [-0.25, -0.2) is 0 Å². The van der Waals surface area contributed by atoms with Gasteiger partial charge in [0.05, 0.1) is 7.11 Å². The van der Waals surface area contributed by atoms with Crippen LogP contribution in [0.4, 0.5) is 0 Å². The van der Waals surface area contributed by atoms with Gasteiger partial charge in [-0.05, 0) is 96.3 Å². The Labute approximate surface area is 148 Å². The minimum Gasteiger partial charge on any atom is -0.497 e. The summed E-state index contributed by atoms with van der Waals surface area (Å²) in [5.41, 5.74) is 4.28. The summed E-state index contributed by atoms with van der Waals surface area (Å²) in [5, 5.41) is 0. The summed E-state index contributed by atoms with van der Waals surface area (Å²) < 4.78 is 5.46. The van der Waals surface area contributed by atoms with Crippen molar-refractivity contribution < 1.29 is 4.74 Å². The van der Waals surface area contributed by atoms with E-state index in [0.717, 1.165) is 29.4 Å². The van der Waals surface area contributed by atoms with Gasteiger partial charge in [0.15, 0.2) is 0 Å². The lowest BCUT2D eigenvalue weighted by Crippen LogP contribution is -2.47. The molecule has 0 saturated heterocycles. The summed E-state index contributed by atoms with van der Waals surface area (Å²) in [6, 6.07) is 6.86. The van der Waals surface area contributed by atoms with Crippen molar-refractivity contribution in [1.82, 2.24) is 0 Å². The third-order valence-electron chi connectivity index (χ3n) is 8.88. The third-order valence-corrected chi connectivity index (χ3v) is 8.88. The fraction of sp³-hybridized carbons (Fsp3) is 0.739. The molecular weight excluding hydrogens is 292 g/mol. The van der Waals surface area contributed by atoms with Crippen molar-refractivity contribution in [2.24, 2.45) is 28.6 Å². The Hall–Kier alpha value is -0.980. The molecule has 2 saturated carbocycles. The largest absolute Gasteiger partial charge is 0.497 e. The first-order valence-corrected chi connectivity index (χ1v) is 10.1. The van der Waals surface area contributed by atoms with Gasteiger partial charge in [0, 0.05) is 0 Å². The molecule has 0 N–H and O–H groups in total. The summed E-state index contributed by atoms with van der Waals surface area (Å²) in [4.78, 5) is 0. The maximum atomic E-state index is 5.46. The van der Waals surface area contributed by atoms with Crippen LogP contribution in [0.2, 0.25) is 0 Å². The van der Waals surface area contributed by atoms with E-state index in [1.54, 1.807) is 18.2 Å². The fourth-order valence-corrected chi connectivity index (χ4v) is 6.94. The van der Waals surface area contributed by atoms with Gasteiger partial charge >= 0.3 is 0 Å². The Morgan fingerprint density at radius 3 is 2.58 bits per heavy atom. The van der Waals surface area contributed by atoms with E-state index in [9.17, 15) is 0 Å². The lowest BCUT2D eigenvalue weighted by atomic mass is 9.49. The second-order valence-corrected chi connectivity index (χ2v) is 9.55. The molecule has 3 aliphatic carbocycles.